The molecule has 0 aliphatic carbocycles. The topological polar surface area (TPSA) is 191 Å². The van der Waals surface area contributed by atoms with Gasteiger partial charge in [0.1, 0.15) is 16.8 Å². The van der Waals surface area contributed by atoms with Gasteiger partial charge in [0, 0.05) is 76.8 Å². The summed E-state index contributed by atoms with van der Waals surface area (Å²) in [6.07, 6.45) is 6.03. The third kappa shape index (κ3) is 16.3. The Bertz CT molecular complexity index is 1770. The summed E-state index contributed by atoms with van der Waals surface area (Å²) in [5, 5.41) is 3.18. The molecule has 4 aliphatic rings. The molecule has 58 heavy (non-hydrogen) atoms. The molecule has 2 fully saturated rings. The van der Waals surface area contributed by atoms with E-state index >= 15 is 0 Å². The van der Waals surface area contributed by atoms with Crippen LogP contribution in [0.5, 0.6) is 12.0 Å². The number of nitrogens with zero attached hydrogens (tertiary/aromatic N) is 8. The number of amides is 3. The number of ether oxygens (including phenoxy) is 5. The molecule has 6 heterocycles. The number of carbonyl (C=O) groups excluding carboxylic acids is 4. The fraction of sp³-hybridized carbons (Fsp3) is 0.650. The van der Waals surface area contributed by atoms with Crippen molar-refractivity contribution in [1.82, 2.24) is 44.9 Å². The maximum absolute atomic E-state index is 11.9. The van der Waals surface area contributed by atoms with Crippen molar-refractivity contribution in [3.8, 4) is 12.0 Å². The smallest absolute Gasteiger partial charge is 0.410 e. The van der Waals surface area contributed by atoms with Crippen molar-refractivity contribution < 1.29 is 42.9 Å². The highest BCUT2D eigenvalue weighted by Crippen LogP contribution is 2.24. The predicted octanol–water partition coefficient (Wildman–Crippen LogP) is 5.09. The number of hydrogen-bond acceptors (Lipinski definition) is 15. The first-order chi connectivity index (χ1) is 26.9. The molecule has 18 nitrogen and oxygen atoms in total. The minimum atomic E-state index is -0.491. The first-order valence-corrected chi connectivity index (χ1v) is 19.2. The number of nitrogens with one attached hydrogen (secondary N) is 1. The number of aromatic nitrogens is 4. The Labute approximate surface area is 342 Å². The Hall–Kier alpha value is -5.26. The first-order valence-electron chi connectivity index (χ1n) is 19.2. The minimum Gasteiger partial charge on any atom is -0.467 e. The van der Waals surface area contributed by atoms with Crippen LogP contribution in [-0.2, 0) is 45.2 Å². The van der Waals surface area contributed by atoms with Crippen molar-refractivity contribution in [2.75, 3.05) is 54.5 Å². The van der Waals surface area contributed by atoms with Crippen LogP contribution in [0.15, 0.2) is 24.2 Å². The number of rotatable bonds is 3. The second-order valence-electron chi connectivity index (χ2n) is 17.2. The van der Waals surface area contributed by atoms with Crippen LogP contribution in [0, 0.1) is 0 Å². The SMILES string of the molecule is CC(C)(C)OC(=O)N1CCC(=O)C1.CN(C)/C=C1/CCN(C(=O)OC(C)(C)C)C1.COc1ncc2c(n1)CN(C(=O)OC(C)(C)C)C2.COc1ncc2c(n1)CNC2. The lowest BCUT2D eigenvalue weighted by molar-refractivity contribution is -0.117. The predicted molar refractivity (Wildman–Crippen MR) is 215 cm³/mol. The number of ketones is 1. The fourth-order valence-electron chi connectivity index (χ4n) is 5.58. The van der Waals surface area contributed by atoms with E-state index in [1.165, 1.54) is 23.1 Å². The summed E-state index contributed by atoms with van der Waals surface area (Å²) in [5.41, 5.74) is 3.86. The maximum Gasteiger partial charge on any atom is 0.410 e. The highest BCUT2D eigenvalue weighted by molar-refractivity contribution is 5.87. The van der Waals surface area contributed by atoms with Gasteiger partial charge < -0.3 is 43.7 Å². The van der Waals surface area contributed by atoms with Gasteiger partial charge in [-0.25, -0.2) is 24.4 Å². The van der Waals surface area contributed by atoms with Crippen molar-refractivity contribution in [3.63, 3.8) is 0 Å². The summed E-state index contributed by atoms with van der Waals surface area (Å²) in [6, 6.07) is 0.771. The molecule has 322 valence electrons. The molecule has 6 rings (SSSR count). The normalized spacial score (nSPS) is 16.5. The average Bonchev–Trinajstić information content (AvgIpc) is 3.93. The minimum absolute atomic E-state index is 0.103. The molecule has 0 atom stereocenters. The van der Waals surface area contributed by atoms with Gasteiger partial charge in [0.2, 0.25) is 0 Å². The van der Waals surface area contributed by atoms with E-state index in [-0.39, 0.29) is 24.5 Å². The van der Waals surface area contributed by atoms with E-state index in [1.54, 1.807) is 29.3 Å². The number of carbonyl (C=O) groups is 4. The van der Waals surface area contributed by atoms with E-state index < -0.39 is 22.9 Å². The zero-order valence-corrected chi connectivity index (χ0v) is 36.6. The zero-order chi connectivity index (χ0) is 43.4. The van der Waals surface area contributed by atoms with E-state index in [1.807, 2.05) is 81.3 Å². The second-order valence-corrected chi connectivity index (χ2v) is 17.2. The molecule has 2 saturated heterocycles. The fourth-order valence-corrected chi connectivity index (χ4v) is 5.58. The van der Waals surface area contributed by atoms with Gasteiger partial charge in [0.05, 0.1) is 45.2 Å². The molecule has 4 aliphatic heterocycles. The molecule has 0 saturated carbocycles. The monoisotopic (exact) mass is 813 g/mol. The maximum atomic E-state index is 11.9. The Balaban J connectivity index is 0.000000210. The summed E-state index contributed by atoms with van der Waals surface area (Å²) in [5.74, 6) is 0.103. The molecule has 0 bridgehead atoms. The van der Waals surface area contributed by atoms with Gasteiger partial charge in [0.25, 0.3) is 0 Å². The van der Waals surface area contributed by atoms with Gasteiger partial charge in [-0.1, -0.05) is 0 Å². The molecule has 0 spiro atoms. The van der Waals surface area contributed by atoms with Crippen molar-refractivity contribution in [1.29, 1.82) is 0 Å². The van der Waals surface area contributed by atoms with Gasteiger partial charge in [0.15, 0.2) is 5.78 Å². The number of fused-ring (bicyclic) bond motifs is 2. The molecule has 1 N–H and O–H groups in total. The summed E-state index contributed by atoms with van der Waals surface area (Å²) in [4.78, 5) is 69.1. The Morgan fingerprint density at radius 1 is 0.655 bits per heavy atom. The van der Waals surface area contributed by atoms with Crippen LogP contribution in [0.3, 0.4) is 0 Å². The third-order valence-corrected chi connectivity index (χ3v) is 8.06. The molecule has 0 radical (unpaired) electrons. The first kappa shape index (κ1) is 47.1. The Morgan fingerprint density at radius 2 is 1.14 bits per heavy atom. The number of Topliss-reactive ketones (excluding diaryl/α,β-unsaturated/α-hetero) is 1. The van der Waals surface area contributed by atoms with E-state index in [2.05, 4.69) is 31.5 Å². The number of likely N-dealkylation sites (tertiary alicyclic amines) is 2. The molecule has 3 amide bonds. The van der Waals surface area contributed by atoms with Crippen molar-refractivity contribution in [2.45, 2.75) is 118 Å². The van der Waals surface area contributed by atoms with Crippen molar-refractivity contribution in [3.05, 3.63) is 46.7 Å². The molecule has 2 aromatic rings. The van der Waals surface area contributed by atoms with Crippen molar-refractivity contribution >= 4 is 24.1 Å². The highest BCUT2D eigenvalue weighted by Gasteiger charge is 2.30. The lowest BCUT2D eigenvalue weighted by Crippen LogP contribution is -2.35. The average molecular weight is 814 g/mol. The molecule has 2 aromatic heterocycles. The molecule has 0 aromatic carbocycles. The van der Waals surface area contributed by atoms with Gasteiger partial charge >= 0.3 is 30.3 Å². The highest BCUT2D eigenvalue weighted by atomic mass is 16.6. The van der Waals surface area contributed by atoms with Crippen molar-refractivity contribution in [2.24, 2.45) is 0 Å². The number of hydrogen-bond donors (Lipinski definition) is 1. The largest absolute Gasteiger partial charge is 0.467 e. The summed E-state index contributed by atoms with van der Waals surface area (Å²) < 4.78 is 25.6. The van der Waals surface area contributed by atoms with E-state index in [0.29, 0.717) is 44.6 Å². The van der Waals surface area contributed by atoms with Crippen LogP contribution in [0.1, 0.15) is 97.7 Å². The second kappa shape index (κ2) is 20.4. The van der Waals surface area contributed by atoms with Crippen LogP contribution in [0.2, 0.25) is 0 Å². The van der Waals surface area contributed by atoms with E-state index in [9.17, 15) is 19.2 Å². The van der Waals surface area contributed by atoms with Crippen LogP contribution in [0.4, 0.5) is 14.4 Å². The third-order valence-electron chi connectivity index (χ3n) is 8.06. The van der Waals surface area contributed by atoms with Gasteiger partial charge in [-0.15, -0.1) is 0 Å². The van der Waals surface area contributed by atoms with Crippen LogP contribution in [-0.4, -0.2) is 135 Å². The van der Waals surface area contributed by atoms with Gasteiger partial charge in [-0.05, 0) is 80.5 Å². The summed E-state index contributed by atoms with van der Waals surface area (Å²) in [6.45, 7) is 21.4. The molecular formula is C40H63N9O9. The Kier molecular flexibility index (Phi) is 16.6. The lowest BCUT2D eigenvalue weighted by atomic mass is 10.2. The quantitative estimate of drug-likeness (QED) is 0.403. The van der Waals surface area contributed by atoms with E-state index in [4.69, 9.17) is 23.7 Å². The van der Waals surface area contributed by atoms with Crippen LogP contribution in [0.25, 0.3) is 0 Å². The molecular weight excluding hydrogens is 750 g/mol. The van der Waals surface area contributed by atoms with Gasteiger partial charge in [-0.2, -0.15) is 9.97 Å². The summed E-state index contributed by atoms with van der Waals surface area (Å²) in [7, 11) is 7.07. The molecule has 18 heteroatoms. The van der Waals surface area contributed by atoms with Gasteiger partial charge in [-0.3, -0.25) is 9.69 Å². The summed E-state index contributed by atoms with van der Waals surface area (Å²) >= 11 is 0. The zero-order valence-electron chi connectivity index (χ0n) is 36.6. The van der Waals surface area contributed by atoms with Crippen LogP contribution >= 0.6 is 0 Å². The lowest BCUT2D eigenvalue weighted by Gasteiger charge is -2.24. The van der Waals surface area contributed by atoms with Crippen LogP contribution < -0.4 is 14.8 Å². The standard InChI is InChI=1S/C12H17N3O3.C12H22N2O2.C9H15NO3.C7H9N3O/c1-12(2,3)18-11(16)15-6-8-5-13-10(17-4)14-9(8)7-15;1-12(2,3)16-11(15)14-7-6-10(9-14)8-13(4)5;1-9(2,3)13-8(12)10-5-4-7(11)6-10;1-11-7-9-3-5-2-8-4-6(5)10-7/h5H,6-7H2,1-4H3;8H,6-7,9H2,1-5H3;4-6H2,1-3H3;3,8H,2,4H2,1H3/b;10-8-;;. The molecule has 0 unspecified atom stereocenters. The van der Waals surface area contributed by atoms with E-state index in [0.717, 1.165) is 43.0 Å². The Morgan fingerprint density at radius 3 is 1.62 bits per heavy atom. The number of methoxy groups -OCH3 is 2.